The number of nitrogens with zero attached hydrogens (tertiary/aromatic N) is 3. The van der Waals surface area contributed by atoms with Gasteiger partial charge in [-0.3, -0.25) is 0 Å². The van der Waals surface area contributed by atoms with Crippen LogP contribution in [-0.4, -0.2) is 41.1 Å². The Hall–Kier alpha value is -2.53. The van der Waals surface area contributed by atoms with Crippen molar-refractivity contribution in [1.29, 1.82) is 0 Å². The largest absolute Gasteiger partial charge is 0.477 e. The maximum atomic E-state index is 14.2. The lowest BCUT2D eigenvalue weighted by atomic mass is 9.94. The van der Waals surface area contributed by atoms with Crippen LogP contribution >= 0.6 is 0 Å². The van der Waals surface area contributed by atoms with Gasteiger partial charge in [0.15, 0.2) is 0 Å². The van der Waals surface area contributed by atoms with Gasteiger partial charge in [0.25, 0.3) is 0 Å². The second-order valence-electron chi connectivity index (χ2n) is 7.41. The summed E-state index contributed by atoms with van der Waals surface area (Å²) >= 11 is 0. The van der Waals surface area contributed by atoms with E-state index in [0.29, 0.717) is 24.0 Å². The quantitative estimate of drug-likeness (QED) is 0.608. The Morgan fingerprint density at radius 1 is 1.11 bits per heavy atom. The molecule has 146 valence electrons. The van der Waals surface area contributed by atoms with E-state index in [4.69, 9.17) is 4.74 Å². The van der Waals surface area contributed by atoms with Gasteiger partial charge in [0, 0.05) is 5.56 Å². The summed E-state index contributed by atoms with van der Waals surface area (Å²) in [6.07, 6.45) is 5.04. The van der Waals surface area contributed by atoms with Crippen molar-refractivity contribution < 1.29 is 9.13 Å². The van der Waals surface area contributed by atoms with E-state index in [2.05, 4.69) is 21.8 Å². The number of piperidine rings is 1. The highest BCUT2D eigenvalue weighted by Gasteiger charge is 2.18. The fourth-order valence-corrected chi connectivity index (χ4v) is 3.92. The fraction of sp³-hybridized carbons (Fsp3) is 0.391. The highest BCUT2D eigenvalue weighted by molar-refractivity contribution is 5.88. The molecular weight excluding hydrogens is 353 g/mol. The van der Waals surface area contributed by atoms with Gasteiger partial charge in [-0.05, 0) is 68.6 Å². The molecule has 0 amide bonds. The molecule has 28 heavy (non-hydrogen) atoms. The molecule has 1 saturated heterocycles. The van der Waals surface area contributed by atoms with Crippen molar-refractivity contribution in [2.24, 2.45) is 5.92 Å². The fourth-order valence-electron chi connectivity index (χ4n) is 3.92. The van der Waals surface area contributed by atoms with Crippen LogP contribution in [0.4, 0.5) is 4.39 Å². The second-order valence-corrected chi connectivity index (χ2v) is 7.41. The van der Waals surface area contributed by atoms with Gasteiger partial charge < -0.3 is 9.64 Å². The number of hydrogen-bond acceptors (Lipinski definition) is 4. The average Bonchev–Trinajstić information content (AvgIpc) is 2.74. The number of fused-ring (bicyclic) bond motifs is 1. The summed E-state index contributed by atoms with van der Waals surface area (Å²) in [5.74, 6) is 1.05. The van der Waals surface area contributed by atoms with Gasteiger partial charge in [-0.25, -0.2) is 14.4 Å². The van der Waals surface area contributed by atoms with Crippen LogP contribution in [0.2, 0.25) is 0 Å². The van der Waals surface area contributed by atoms with E-state index in [1.807, 2.05) is 24.3 Å². The summed E-state index contributed by atoms with van der Waals surface area (Å²) in [5.41, 5.74) is 2.18. The van der Waals surface area contributed by atoms with Crippen LogP contribution in [0.1, 0.15) is 26.2 Å². The number of aromatic nitrogens is 2. The van der Waals surface area contributed by atoms with Crippen molar-refractivity contribution in [3.05, 3.63) is 54.6 Å². The zero-order valence-electron chi connectivity index (χ0n) is 16.3. The summed E-state index contributed by atoms with van der Waals surface area (Å²) in [6, 6.07) is 12.5. The summed E-state index contributed by atoms with van der Waals surface area (Å²) < 4.78 is 20.2. The summed E-state index contributed by atoms with van der Waals surface area (Å²) in [5, 5.41) is 0.823. The molecule has 2 heterocycles. The van der Waals surface area contributed by atoms with Gasteiger partial charge in [0.1, 0.15) is 12.1 Å². The number of halogens is 1. The molecule has 1 fully saturated rings. The van der Waals surface area contributed by atoms with Crippen LogP contribution in [0.15, 0.2) is 48.8 Å². The third-order valence-corrected chi connectivity index (χ3v) is 5.70. The third-order valence-electron chi connectivity index (χ3n) is 5.70. The van der Waals surface area contributed by atoms with Crippen molar-refractivity contribution in [3.63, 3.8) is 0 Å². The molecule has 0 radical (unpaired) electrons. The first-order valence-electron chi connectivity index (χ1n) is 10.1. The monoisotopic (exact) mass is 379 g/mol. The van der Waals surface area contributed by atoms with Crippen molar-refractivity contribution >= 4 is 10.9 Å². The zero-order chi connectivity index (χ0) is 19.3. The normalized spacial score (nSPS) is 15.8. The Balaban J connectivity index is 1.48. The lowest BCUT2D eigenvalue weighted by Gasteiger charge is -2.30. The molecule has 1 aliphatic rings. The van der Waals surface area contributed by atoms with E-state index >= 15 is 0 Å². The number of benzene rings is 2. The standard InChI is InChI=1S/C23H26FN3O/c1-2-27-12-9-17(10-13-27)11-14-28-23-20-15-18(7-8-22(20)25-16-26-23)19-5-3-4-6-21(19)24/h3-8,15-17H,2,9-14H2,1H3. The van der Waals surface area contributed by atoms with Gasteiger partial charge in [-0.1, -0.05) is 31.2 Å². The molecule has 4 rings (SSSR count). The van der Waals surface area contributed by atoms with Crippen LogP contribution in [-0.2, 0) is 0 Å². The number of hydrogen-bond donors (Lipinski definition) is 0. The van der Waals surface area contributed by atoms with Crippen LogP contribution in [0.3, 0.4) is 0 Å². The predicted octanol–water partition coefficient (Wildman–Crippen LogP) is 4.94. The lowest BCUT2D eigenvalue weighted by Crippen LogP contribution is -2.33. The van der Waals surface area contributed by atoms with E-state index < -0.39 is 0 Å². The first-order valence-corrected chi connectivity index (χ1v) is 10.1. The number of rotatable bonds is 6. The SMILES string of the molecule is CCN1CCC(CCOc2ncnc3ccc(-c4ccccc4F)cc23)CC1. The third kappa shape index (κ3) is 4.14. The van der Waals surface area contributed by atoms with Gasteiger partial charge in [-0.2, -0.15) is 0 Å². The highest BCUT2D eigenvalue weighted by atomic mass is 19.1. The van der Waals surface area contributed by atoms with E-state index in [1.54, 1.807) is 12.1 Å². The molecule has 2 aromatic carbocycles. The molecule has 5 heteroatoms. The minimum absolute atomic E-state index is 0.236. The average molecular weight is 379 g/mol. The maximum Gasteiger partial charge on any atom is 0.224 e. The zero-order valence-corrected chi connectivity index (χ0v) is 16.3. The maximum absolute atomic E-state index is 14.2. The Kier molecular flexibility index (Phi) is 5.81. The van der Waals surface area contributed by atoms with Gasteiger partial charge >= 0.3 is 0 Å². The Labute approximate surface area is 165 Å². The van der Waals surface area contributed by atoms with Crippen molar-refractivity contribution in [2.75, 3.05) is 26.2 Å². The minimum Gasteiger partial charge on any atom is -0.477 e. The lowest BCUT2D eigenvalue weighted by molar-refractivity contribution is 0.168. The van der Waals surface area contributed by atoms with Crippen molar-refractivity contribution in [2.45, 2.75) is 26.2 Å². The Morgan fingerprint density at radius 2 is 1.93 bits per heavy atom. The van der Waals surface area contributed by atoms with Crippen LogP contribution in [0, 0.1) is 11.7 Å². The second kappa shape index (κ2) is 8.65. The van der Waals surface area contributed by atoms with Gasteiger partial charge in [-0.15, -0.1) is 0 Å². The van der Waals surface area contributed by atoms with Gasteiger partial charge in [0.2, 0.25) is 5.88 Å². The molecule has 1 aromatic heterocycles. The predicted molar refractivity (Wildman–Crippen MR) is 110 cm³/mol. The summed E-state index contributed by atoms with van der Waals surface area (Å²) in [6.45, 7) is 6.37. The number of ether oxygens (including phenoxy) is 1. The molecular formula is C23H26FN3O. The molecule has 4 nitrogen and oxygen atoms in total. The first-order chi connectivity index (χ1) is 13.7. The van der Waals surface area contributed by atoms with E-state index in [9.17, 15) is 4.39 Å². The molecule has 0 bridgehead atoms. The van der Waals surface area contributed by atoms with E-state index in [1.165, 1.54) is 38.3 Å². The molecule has 0 N–H and O–H groups in total. The van der Waals surface area contributed by atoms with Gasteiger partial charge in [0.05, 0.1) is 17.5 Å². The molecule has 0 unspecified atom stereocenters. The van der Waals surface area contributed by atoms with Crippen LogP contribution in [0.25, 0.3) is 22.0 Å². The van der Waals surface area contributed by atoms with E-state index in [-0.39, 0.29) is 5.82 Å². The molecule has 0 spiro atoms. The summed E-state index contributed by atoms with van der Waals surface area (Å²) in [7, 11) is 0. The first kappa shape index (κ1) is 18.8. The highest BCUT2D eigenvalue weighted by Crippen LogP contribution is 2.30. The molecule has 3 aromatic rings. The Morgan fingerprint density at radius 3 is 2.71 bits per heavy atom. The minimum atomic E-state index is -0.236. The Bertz CT molecular complexity index is 938. The smallest absolute Gasteiger partial charge is 0.224 e. The molecule has 0 saturated carbocycles. The topological polar surface area (TPSA) is 38.2 Å². The molecule has 1 aliphatic heterocycles. The molecule has 0 atom stereocenters. The number of likely N-dealkylation sites (tertiary alicyclic amines) is 1. The summed E-state index contributed by atoms with van der Waals surface area (Å²) in [4.78, 5) is 11.2. The molecule has 0 aliphatic carbocycles. The van der Waals surface area contributed by atoms with E-state index in [0.717, 1.165) is 29.4 Å². The van der Waals surface area contributed by atoms with Crippen LogP contribution < -0.4 is 4.74 Å². The van der Waals surface area contributed by atoms with Crippen molar-refractivity contribution in [3.8, 4) is 17.0 Å². The van der Waals surface area contributed by atoms with Crippen LogP contribution in [0.5, 0.6) is 5.88 Å². The van der Waals surface area contributed by atoms with Crippen molar-refractivity contribution in [1.82, 2.24) is 14.9 Å².